The molecule has 6 heteroatoms. The molecule has 2 aromatic rings. The molecule has 1 saturated heterocycles. The first kappa shape index (κ1) is 13.2. The van der Waals surface area contributed by atoms with Crippen LogP contribution >= 0.6 is 0 Å². The van der Waals surface area contributed by atoms with Crippen molar-refractivity contribution in [2.45, 2.75) is 19.3 Å². The number of nitrogens with one attached hydrogen (secondary N) is 1. The minimum absolute atomic E-state index is 0.265. The van der Waals surface area contributed by atoms with E-state index in [1.165, 1.54) is 6.42 Å². The smallest absolute Gasteiger partial charge is 0.180 e. The number of fused-ring (bicyclic) bond motifs is 1. The van der Waals surface area contributed by atoms with Crippen molar-refractivity contribution < 1.29 is 5.11 Å². The number of nitrogens with zero attached hydrogens (tertiary/aromatic N) is 4. The largest absolute Gasteiger partial charge is 0.396 e. The molecule has 0 radical (unpaired) electrons. The van der Waals surface area contributed by atoms with Gasteiger partial charge in [0.25, 0.3) is 0 Å². The van der Waals surface area contributed by atoms with Gasteiger partial charge >= 0.3 is 0 Å². The Morgan fingerprint density at radius 2 is 2.40 bits per heavy atom. The van der Waals surface area contributed by atoms with Crippen molar-refractivity contribution in [2.24, 2.45) is 5.92 Å². The van der Waals surface area contributed by atoms with Gasteiger partial charge in [-0.15, -0.1) is 0 Å². The van der Waals surface area contributed by atoms with E-state index in [9.17, 15) is 0 Å². The Morgan fingerprint density at radius 3 is 3.20 bits per heavy atom. The third kappa shape index (κ3) is 2.43. The minimum atomic E-state index is 0.265. The number of anilines is 2. The zero-order chi connectivity index (χ0) is 13.9. The summed E-state index contributed by atoms with van der Waals surface area (Å²) >= 11 is 0. The molecule has 2 aromatic heterocycles. The summed E-state index contributed by atoms with van der Waals surface area (Å²) in [5.74, 6) is 2.32. The fraction of sp³-hybridized carbons (Fsp3) is 0.571. The Balaban J connectivity index is 1.93. The van der Waals surface area contributed by atoms with Gasteiger partial charge in [-0.2, -0.15) is 0 Å². The molecule has 1 aliphatic heterocycles. The summed E-state index contributed by atoms with van der Waals surface area (Å²) in [6.07, 6.45) is 8.88. The minimum Gasteiger partial charge on any atom is -0.396 e. The maximum atomic E-state index is 9.14. The molecule has 1 aliphatic rings. The molecular weight excluding hydrogens is 254 g/mol. The van der Waals surface area contributed by atoms with Gasteiger partial charge in [-0.1, -0.05) is 0 Å². The number of aliphatic hydroxyl groups is 1. The highest BCUT2D eigenvalue weighted by atomic mass is 16.3. The summed E-state index contributed by atoms with van der Waals surface area (Å²) in [6.45, 7) is 2.22. The van der Waals surface area contributed by atoms with Gasteiger partial charge in [0.15, 0.2) is 11.5 Å². The average Bonchev–Trinajstić information content (AvgIpc) is 2.95. The summed E-state index contributed by atoms with van der Waals surface area (Å²) in [4.78, 5) is 11.4. The molecule has 1 unspecified atom stereocenters. The Labute approximate surface area is 118 Å². The second kappa shape index (κ2) is 5.66. The number of rotatable bonds is 4. The molecule has 0 bridgehead atoms. The molecule has 20 heavy (non-hydrogen) atoms. The lowest BCUT2D eigenvalue weighted by Gasteiger charge is -2.33. The van der Waals surface area contributed by atoms with Gasteiger partial charge < -0.3 is 19.7 Å². The molecule has 0 saturated carbocycles. The van der Waals surface area contributed by atoms with Crippen molar-refractivity contribution in [3.05, 3.63) is 18.6 Å². The zero-order valence-corrected chi connectivity index (χ0v) is 11.8. The van der Waals surface area contributed by atoms with Gasteiger partial charge in [-0.05, 0) is 25.2 Å². The summed E-state index contributed by atoms with van der Waals surface area (Å²) < 4.78 is 2.00. The highest BCUT2D eigenvalue weighted by molar-refractivity contribution is 5.67. The average molecular weight is 275 g/mol. The third-order valence-electron chi connectivity index (χ3n) is 3.97. The molecule has 108 valence electrons. The van der Waals surface area contributed by atoms with Gasteiger partial charge in [-0.25, -0.2) is 9.97 Å². The molecule has 1 fully saturated rings. The summed E-state index contributed by atoms with van der Waals surface area (Å²) in [5.41, 5.74) is 0.897. The van der Waals surface area contributed by atoms with E-state index in [0.717, 1.165) is 43.2 Å². The number of piperidine rings is 1. The van der Waals surface area contributed by atoms with Crippen LogP contribution in [-0.2, 0) is 0 Å². The number of hydrogen-bond donors (Lipinski definition) is 2. The normalized spacial score (nSPS) is 19.5. The predicted molar refractivity (Wildman–Crippen MR) is 79.2 cm³/mol. The lowest BCUT2D eigenvalue weighted by atomic mass is 9.95. The van der Waals surface area contributed by atoms with E-state index in [2.05, 4.69) is 20.2 Å². The number of imidazole rings is 1. The Bertz CT molecular complexity index is 580. The maximum Gasteiger partial charge on any atom is 0.180 e. The second-order valence-corrected chi connectivity index (χ2v) is 5.32. The van der Waals surface area contributed by atoms with Crippen LogP contribution in [0.15, 0.2) is 18.6 Å². The zero-order valence-electron chi connectivity index (χ0n) is 11.8. The van der Waals surface area contributed by atoms with E-state index in [4.69, 9.17) is 5.11 Å². The van der Waals surface area contributed by atoms with Crippen molar-refractivity contribution in [1.29, 1.82) is 0 Å². The summed E-state index contributed by atoms with van der Waals surface area (Å²) in [6, 6.07) is 0. The monoisotopic (exact) mass is 275 g/mol. The third-order valence-corrected chi connectivity index (χ3v) is 3.97. The van der Waals surface area contributed by atoms with E-state index in [0.29, 0.717) is 5.92 Å². The van der Waals surface area contributed by atoms with E-state index in [1.807, 2.05) is 23.8 Å². The van der Waals surface area contributed by atoms with E-state index >= 15 is 0 Å². The first-order valence-corrected chi connectivity index (χ1v) is 7.19. The number of hydrogen-bond acceptors (Lipinski definition) is 5. The molecule has 0 aromatic carbocycles. The lowest BCUT2D eigenvalue weighted by Crippen LogP contribution is -2.36. The van der Waals surface area contributed by atoms with Crippen LogP contribution in [0.1, 0.15) is 19.3 Å². The van der Waals surface area contributed by atoms with Crippen LogP contribution in [0.25, 0.3) is 5.65 Å². The van der Waals surface area contributed by atoms with Crippen molar-refractivity contribution in [1.82, 2.24) is 14.4 Å². The van der Waals surface area contributed by atoms with E-state index < -0.39 is 0 Å². The topological polar surface area (TPSA) is 65.7 Å². The molecule has 0 spiro atoms. The van der Waals surface area contributed by atoms with Crippen LogP contribution in [0.5, 0.6) is 0 Å². The first-order valence-electron chi connectivity index (χ1n) is 7.19. The van der Waals surface area contributed by atoms with Crippen LogP contribution in [-0.4, -0.2) is 46.2 Å². The van der Waals surface area contributed by atoms with Gasteiger partial charge in [0, 0.05) is 39.1 Å². The summed E-state index contributed by atoms with van der Waals surface area (Å²) in [7, 11) is 1.87. The predicted octanol–water partition coefficient (Wildman–Crippen LogP) is 1.37. The SMILES string of the molecule is CNc1cn2ccnc2c(N2CCCC(CCO)C2)n1. The fourth-order valence-electron chi connectivity index (χ4n) is 2.92. The van der Waals surface area contributed by atoms with Crippen molar-refractivity contribution in [2.75, 3.05) is 37.0 Å². The Hall–Kier alpha value is -1.82. The number of aromatic nitrogens is 3. The molecule has 2 N–H and O–H groups in total. The maximum absolute atomic E-state index is 9.14. The van der Waals surface area contributed by atoms with Crippen LogP contribution < -0.4 is 10.2 Å². The molecule has 0 amide bonds. The van der Waals surface area contributed by atoms with Crippen molar-refractivity contribution >= 4 is 17.3 Å². The highest BCUT2D eigenvalue weighted by Crippen LogP contribution is 2.27. The van der Waals surface area contributed by atoms with Gasteiger partial charge in [0.05, 0.1) is 6.20 Å². The molecule has 3 rings (SSSR count). The number of aliphatic hydroxyl groups excluding tert-OH is 1. The van der Waals surface area contributed by atoms with Crippen molar-refractivity contribution in [3.8, 4) is 0 Å². The lowest BCUT2D eigenvalue weighted by molar-refractivity contribution is 0.244. The quantitative estimate of drug-likeness (QED) is 0.882. The summed E-state index contributed by atoms with van der Waals surface area (Å²) in [5, 5.41) is 12.2. The molecular formula is C14H21N5O. The molecule has 1 atom stereocenters. The van der Waals surface area contributed by atoms with Crippen LogP contribution in [0.2, 0.25) is 0 Å². The Kier molecular flexibility index (Phi) is 3.73. The van der Waals surface area contributed by atoms with Gasteiger partial charge in [0.2, 0.25) is 0 Å². The van der Waals surface area contributed by atoms with Crippen LogP contribution in [0.3, 0.4) is 0 Å². The van der Waals surface area contributed by atoms with Gasteiger partial charge in [0.1, 0.15) is 5.82 Å². The molecule has 6 nitrogen and oxygen atoms in total. The standard InChI is InChI=1S/C14H21N5O/c1-15-12-10-19-7-5-16-13(19)14(17-12)18-6-2-3-11(9-18)4-8-20/h5,7,10-11,15,20H,2-4,6,8-9H2,1H3. The van der Waals surface area contributed by atoms with Crippen molar-refractivity contribution in [3.63, 3.8) is 0 Å². The second-order valence-electron chi connectivity index (χ2n) is 5.32. The van der Waals surface area contributed by atoms with E-state index in [1.54, 1.807) is 6.20 Å². The molecule has 3 heterocycles. The van der Waals surface area contributed by atoms with E-state index in [-0.39, 0.29) is 6.61 Å². The fourth-order valence-corrected chi connectivity index (χ4v) is 2.92. The molecule has 0 aliphatic carbocycles. The highest BCUT2D eigenvalue weighted by Gasteiger charge is 2.23. The van der Waals surface area contributed by atoms with Gasteiger partial charge in [-0.3, -0.25) is 0 Å². The van der Waals surface area contributed by atoms with Crippen LogP contribution in [0.4, 0.5) is 11.6 Å². The Morgan fingerprint density at radius 1 is 1.50 bits per heavy atom. The van der Waals surface area contributed by atoms with Crippen LogP contribution in [0, 0.1) is 5.92 Å². The first-order chi connectivity index (χ1) is 9.81.